The second-order valence-corrected chi connectivity index (χ2v) is 2.89. The third kappa shape index (κ3) is 1.11. The summed E-state index contributed by atoms with van der Waals surface area (Å²) in [7, 11) is 1.69. The molecule has 2 rings (SSSR count). The third-order valence-corrected chi connectivity index (χ3v) is 2.06. The maximum absolute atomic E-state index is 11.6. The Hall–Kier alpha value is -1.71. The van der Waals surface area contributed by atoms with Crippen molar-refractivity contribution in [3.63, 3.8) is 0 Å². The monoisotopic (exact) mass is 175 g/mol. The summed E-state index contributed by atoms with van der Waals surface area (Å²) < 4.78 is 1.50. The van der Waals surface area contributed by atoms with Crippen LogP contribution in [-0.4, -0.2) is 14.5 Å². The fourth-order valence-electron chi connectivity index (χ4n) is 1.21. The molecule has 0 fully saturated rings. The maximum Gasteiger partial charge on any atom is 0.279 e. The molecule has 0 saturated heterocycles. The molecule has 2 heterocycles. The molecule has 0 bridgehead atoms. The Kier molecular flexibility index (Phi) is 1.62. The Morgan fingerprint density at radius 2 is 2.23 bits per heavy atom. The minimum absolute atomic E-state index is 0.0944. The highest BCUT2D eigenvalue weighted by molar-refractivity contribution is 5.72. The summed E-state index contributed by atoms with van der Waals surface area (Å²) in [5.41, 5.74) is 0.988. The van der Waals surface area contributed by atoms with E-state index in [4.69, 9.17) is 0 Å². The minimum atomic E-state index is -0.0944. The second kappa shape index (κ2) is 2.65. The van der Waals surface area contributed by atoms with Gasteiger partial charge in [-0.15, -0.1) is 0 Å². The summed E-state index contributed by atoms with van der Waals surface area (Å²) in [5.74, 6) is 0.700. The lowest BCUT2D eigenvalue weighted by molar-refractivity contribution is 0.789. The minimum Gasteiger partial charge on any atom is -0.298 e. The molecular weight excluding hydrogens is 166 g/mol. The number of hydrogen-bond acceptors (Lipinski definition) is 3. The van der Waals surface area contributed by atoms with Gasteiger partial charge in [0, 0.05) is 13.2 Å². The van der Waals surface area contributed by atoms with Crippen LogP contribution in [0.1, 0.15) is 5.82 Å². The average molecular weight is 175 g/mol. The molecule has 2 aromatic heterocycles. The number of hydrogen-bond donors (Lipinski definition) is 0. The quantitative estimate of drug-likeness (QED) is 0.590. The molecule has 2 aromatic rings. The summed E-state index contributed by atoms with van der Waals surface area (Å²) in [6, 6.07) is 3.56. The number of fused-ring (bicyclic) bond motifs is 1. The Morgan fingerprint density at radius 1 is 1.46 bits per heavy atom. The molecule has 4 heteroatoms. The fraction of sp³-hybridized carbons (Fsp3) is 0.222. The van der Waals surface area contributed by atoms with E-state index in [1.807, 2.05) is 0 Å². The maximum atomic E-state index is 11.6. The van der Waals surface area contributed by atoms with E-state index < -0.39 is 0 Å². The zero-order chi connectivity index (χ0) is 9.42. The summed E-state index contributed by atoms with van der Waals surface area (Å²) in [5, 5.41) is 0. The molecule has 66 valence electrons. The van der Waals surface area contributed by atoms with E-state index in [2.05, 4.69) is 9.97 Å². The van der Waals surface area contributed by atoms with Gasteiger partial charge in [-0.1, -0.05) is 0 Å². The first-order valence-electron chi connectivity index (χ1n) is 3.98. The zero-order valence-corrected chi connectivity index (χ0v) is 7.48. The van der Waals surface area contributed by atoms with Crippen molar-refractivity contribution in [3.05, 3.63) is 34.5 Å². The summed E-state index contributed by atoms with van der Waals surface area (Å²) in [6.45, 7) is 1.80. The van der Waals surface area contributed by atoms with Crippen LogP contribution in [0.25, 0.3) is 11.0 Å². The molecular formula is C9H9N3O. The molecule has 4 nitrogen and oxygen atoms in total. The van der Waals surface area contributed by atoms with Gasteiger partial charge in [0.25, 0.3) is 5.56 Å². The first-order valence-corrected chi connectivity index (χ1v) is 3.98. The molecule has 0 aromatic carbocycles. The molecule has 13 heavy (non-hydrogen) atoms. The van der Waals surface area contributed by atoms with Gasteiger partial charge in [0.15, 0.2) is 5.52 Å². The molecule has 0 spiro atoms. The molecule has 0 aliphatic heterocycles. The predicted octanol–water partition coefficient (Wildman–Crippen LogP) is 0.637. The smallest absolute Gasteiger partial charge is 0.279 e. The molecule has 0 N–H and O–H groups in total. The summed E-state index contributed by atoms with van der Waals surface area (Å²) >= 11 is 0. The van der Waals surface area contributed by atoms with Gasteiger partial charge in [0.2, 0.25) is 0 Å². The van der Waals surface area contributed by atoms with Gasteiger partial charge < -0.3 is 0 Å². The van der Waals surface area contributed by atoms with E-state index in [1.54, 1.807) is 32.3 Å². The van der Waals surface area contributed by atoms with Crippen LogP contribution in [0.5, 0.6) is 0 Å². The lowest BCUT2D eigenvalue weighted by Crippen LogP contribution is -2.21. The normalized spacial score (nSPS) is 10.6. The molecule has 0 aliphatic rings. The highest BCUT2D eigenvalue weighted by Gasteiger charge is 2.04. The van der Waals surface area contributed by atoms with Crippen molar-refractivity contribution in [3.8, 4) is 0 Å². The number of nitrogens with zero attached hydrogens (tertiary/aromatic N) is 3. The molecule has 0 unspecified atom stereocenters. The fourth-order valence-corrected chi connectivity index (χ4v) is 1.21. The lowest BCUT2D eigenvalue weighted by Gasteiger charge is -2.02. The van der Waals surface area contributed by atoms with Crippen molar-refractivity contribution in [1.82, 2.24) is 14.5 Å². The highest BCUT2D eigenvalue weighted by atomic mass is 16.1. The average Bonchev–Trinajstić information content (AvgIpc) is 2.15. The van der Waals surface area contributed by atoms with Gasteiger partial charge in [-0.2, -0.15) is 0 Å². The zero-order valence-electron chi connectivity index (χ0n) is 7.48. The van der Waals surface area contributed by atoms with Crippen molar-refractivity contribution in [2.45, 2.75) is 6.92 Å². The van der Waals surface area contributed by atoms with Gasteiger partial charge in [0.05, 0.1) is 5.52 Å². The van der Waals surface area contributed by atoms with Crippen LogP contribution in [0.4, 0.5) is 0 Å². The summed E-state index contributed by atoms with van der Waals surface area (Å²) in [4.78, 5) is 19.8. The van der Waals surface area contributed by atoms with Crippen LogP contribution in [0.2, 0.25) is 0 Å². The van der Waals surface area contributed by atoms with E-state index in [0.717, 1.165) is 0 Å². The second-order valence-electron chi connectivity index (χ2n) is 2.89. The molecule has 0 radical (unpaired) electrons. The van der Waals surface area contributed by atoms with Crippen LogP contribution < -0.4 is 5.56 Å². The van der Waals surface area contributed by atoms with Gasteiger partial charge in [-0.05, 0) is 19.1 Å². The summed E-state index contributed by atoms with van der Waals surface area (Å²) in [6.07, 6.45) is 1.60. The number of rotatable bonds is 0. The SMILES string of the molecule is Cc1nc2cccnc2c(=O)n1C. The van der Waals surface area contributed by atoms with Gasteiger partial charge in [-0.3, -0.25) is 9.36 Å². The molecule has 0 aliphatic carbocycles. The largest absolute Gasteiger partial charge is 0.298 e. The molecule has 0 amide bonds. The van der Waals surface area contributed by atoms with E-state index >= 15 is 0 Å². The first kappa shape index (κ1) is 7.91. The van der Waals surface area contributed by atoms with Gasteiger partial charge in [0.1, 0.15) is 5.82 Å². The standard InChI is InChI=1S/C9H9N3O/c1-6-11-7-4-3-5-10-8(7)9(13)12(6)2/h3-5H,1-2H3. The van der Waals surface area contributed by atoms with Gasteiger partial charge in [-0.25, -0.2) is 9.97 Å². The Balaban J connectivity index is 3.03. The van der Waals surface area contributed by atoms with Gasteiger partial charge >= 0.3 is 0 Å². The topological polar surface area (TPSA) is 47.8 Å². The van der Waals surface area contributed by atoms with E-state index in [1.165, 1.54) is 4.57 Å². The number of aromatic nitrogens is 3. The highest BCUT2D eigenvalue weighted by Crippen LogP contribution is 2.02. The van der Waals surface area contributed by atoms with Crippen molar-refractivity contribution in [2.24, 2.45) is 7.05 Å². The van der Waals surface area contributed by atoms with E-state index in [-0.39, 0.29) is 5.56 Å². The first-order chi connectivity index (χ1) is 6.20. The number of pyridine rings is 1. The van der Waals surface area contributed by atoms with E-state index in [9.17, 15) is 4.79 Å². The Bertz CT molecular complexity index is 516. The third-order valence-electron chi connectivity index (χ3n) is 2.06. The van der Waals surface area contributed by atoms with Crippen molar-refractivity contribution in [1.29, 1.82) is 0 Å². The predicted molar refractivity (Wildman–Crippen MR) is 49.5 cm³/mol. The molecule has 0 atom stereocenters. The Labute approximate surface area is 74.9 Å². The molecule has 0 saturated carbocycles. The van der Waals surface area contributed by atoms with E-state index in [0.29, 0.717) is 16.9 Å². The van der Waals surface area contributed by atoms with Crippen LogP contribution in [0.15, 0.2) is 23.1 Å². The lowest BCUT2D eigenvalue weighted by atomic mass is 10.3. The van der Waals surface area contributed by atoms with Crippen LogP contribution in [0, 0.1) is 6.92 Å². The van der Waals surface area contributed by atoms with Crippen molar-refractivity contribution >= 4 is 11.0 Å². The van der Waals surface area contributed by atoms with Crippen LogP contribution in [0.3, 0.4) is 0 Å². The van der Waals surface area contributed by atoms with Crippen LogP contribution >= 0.6 is 0 Å². The van der Waals surface area contributed by atoms with Crippen molar-refractivity contribution in [2.75, 3.05) is 0 Å². The Morgan fingerprint density at radius 3 is 3.00 bits per heavy atom. The van der Waals surface area contributed by atoms with Crippen LogP contribution in [-0.2, 0) is 7.05 Å². The number of aryl methyl sites for hydroxylation is 1. The van der Waals surface area contributed by atoms with Crippen molar-refractivity contribution < 1.29 is 0 Å².